The monoisotopic (exact) mass is 360 g/mol. The predicted octanol–water partition coefficient (Wildman–Crippen LogP) is 3.89. The van der Waals surface area contributed by atoms with Crippen LogP contribution in [0.1, 0.15) is 38.3 Å². The summed E-state index contributed by atoms with van der Waals surface area (Å²) in [6, 6.07) is 6.48. The van der Waals surface area contributed by atoms with Gasteiger partial charge in [-0.15, -0.1) is 22.7 Å². The van der Waals surface area contributed by atoms with Gasteiger partial charge in [0.1, 0.15) is 0 Å². The molecular weight excluding hydrogens is 336 g/mol. The van der Waals surface area contributed by atoms with Gasteiger partial charge in [-0.1, -0.05) is 13.0 Å². The number of hydrogen-bond acceptors (Lipinski definition) is 4. The topological polar surface area (TPSA) is 23.6 Å². The van der Waals surface area contributed by atoms with E-state index in [1.807, 2.05) is 16.2 Å². The van der Waals surface area contributed by atoms with E-state index in [-0.39, 0.29) is 5.91 Å². The number of carbonyl (C=O) groups excluding carboxylic acids is 1. The van der Waals surface area contributed by atoms with E-state index in [0.29, 0.717) is 0 Å². The van der Waals surface area contributed by atoms with Gasteiger partial charge in [-0.2, -0.15) is 0 Å². The molecule has 1 amide bonds. The number of rotatable bonds is 3. The highest BCUT2D eigenvalue weighted by Crippen LogP contribution is 2.32. The number of aryl methyl sites for hydroxylation is 1. The van der Waals surface area contributed by atoms with Gasteiger partial charge in [-0.25, -0.2) is 0 Å². The number of piperazine rings is 1. The number of fused-ring (bicyclic) bond motifs is 1. The van der Waals surface area contributed by atoms with Crippen LogP contribution in [0.5, 0.6) is 0 Å². The fourth-order valence-corrected chi connectivity index (χ4v) is 5.62. The lowest BCUT2D eigenvalue weighted by molar-refractivity contribution is 0.0634. The number of thiophene rings is 2. The molecule has 3 nitrogen and oxygen atoms in total. The van der Waals surface area contributed by atoms with Gasteiger partial charge in [-0.3, -0.25) is 9.69 Å². The number of carbonyl (C=O) groups is 1. The third kappa shape index (κ3) is 3.44. The molecule has 0 N–H and O–H groups in total. The molecule has 24 heavy (non-hydrogen) atoms. The predicted molar refractivity (Wildman–Crippen MR) is 101 cm³/mol. The molecule has 1 saturated heterocycles. The second kappa shape index (κ2) is 6.98. The van der Waals surface area contributed by atoms with Crippen LogP contribution in [0.4, 0.5) is 0 Å². The summed E-state index contributed by atoms with van der Waals surface area (Å²) in [6.07, 6.45) is 3.57. The summed E-state index contributed by atoms with van der Waals surface area (Å²) in [7, 11) is 0. The highest BCUT2D eigenvalue weighted by molar-refractivity contribution is 7.14. The van der Waals surface area contributed by atoms with Crippen LogP contribution >= 0.6 is 22.7 Å². The van der Waals surface area contributed by atoms with Crippen molar-refractivity contribution in [3.05, 3.63) is 43.8 Å². The molecule has 0 saturated carbocycles. The Hall–Kier alpha value is -1.17. The van der Waals surface area contributed by atoms with E-state index in [1.54, 1.807) is 11.3 Å². The molecule has 1 fully saturated rings. The SMILES string of the molecule is CC1CCc2sc(C(=O)N3CCN(Cc4cccs4)CC3)cc2C1. The van der Waals surface area contributed by atoms with E-state index < -0.39 is 0 Å². The summed E-state index contributed by atoms with van der Waals surface area (Å²) in [5, 5.41) is 2.13. The van der Waals surface area contributed by atoms with Crippen molar-refractivity contribution in [3.8, 4) is 0 Å². The van der Waals surface area contributed by atoms with Crippen molar-refractivity contribution >= 4 is 28.6 Å². The maximum Gasteiger partial charge on any atom is 0.264 e. The van der Waals surface area contributed by atoms with Crippen LogP contribution in [0.25, 0.3) is 0 Å². The molecule has 1 atom stereocenters. The Bertz CT molecular complexity index is 699. The molecule has 1 aliphatic carbocycles. The molecule has 2 aromatic heterocycles. The van der Waals surface area contributed by atoms with Crippen molar-refractivity contribution in [2.75, 3.05) is 26.2 Å². The zero-order valence-corrected chi connectivity index (χ0v) is 15.8. The first kappa shape index (κ1) is 16.3. The molecule has 3 heterocycles. The van der Waals surface area contributed by atoms with Crippen LogP contribution in [0, 0.1) is 5.92 Å². The summed E-state index contributed by atoms with van der Waals surface area (Å²) in [5.74, 6) is 1.01. The van der Waals surface area contributed by atoms with E-state index in [4.69, 9.17) is 0 Å². The molecule has 4 rings (SSSR count). The first-order valence-corrected chi connectivity index (χ1v) is 10.5. The fourth-order valence-electron chi connectivity index (χ4n) is 3.70. The fraction of sp³-hybridized carbons (Fsp3) is 0.526. The van der Waals surface area contributed by atoms with E-state index >= 15 is 0 Å². The lowest BCUT2D eigenvalue weighted by Crippen LogP contribution is -2.48. The number of hydrogen-bond donors (Lipinski definition) is 0. The van der Waals surface area contributed by atoms with Crippen molar-refractivity contribution in [1.29, 1.82) is 0 Å². The molecule has 0 aromatic carbocycles. The van der Waals surface area contributed by atoms with Crippen LogP contribution in [-0.2, 0) is 19.4 Å². The standard InChI is InChI=1S/C19H24N2OS2/c1-14-4-5-17-15(11-14)12-18(24-17)19(22)21-8-6-20(7-9-21)13-16-3-2-10-23-16/h2-3,10,12,14H,4-9,11,13H2,1H3. The van der Waals surface area contributed by atoms with E-state index in [1.165, 1.54) is 21.7 Å². The van der Waals surface area contributed by atoms with E-state index in [0.717, 1.165) is 56.4 Å². The van der Waals surface area contributed by atoms with Gasteiger partial charge in [0.05, 0.1) is 4.88 Å². The molecule has 0 radical (unpaired) electrons. The van der Waals surface area contributed by atoms with Gasteiger partial charge >= 0.3 is 0 Å². The highest BCUT2D eigenvalue weighted by Gasteiger charge is 2.26. The number of nitrogens with zero attached hydrogens (tertiary/aromatic N) is 2. The lowest BCUT2D eigenvalue weighted by atomic mass is 9.90. The Morgan fingerprint density at radius 3 is 2.88 bits per heavy atom. The minimum absolute atomic E-state index is 0.248. The summed E-state index contributed by atoms with van der Waals surface area (Å²) >= 11 is 3.56. The molecule has 1 aliphatic heterocycles. The van der Waals surface area contributed by atoms with E-state index in [9.17, 15) is 4.79 Å². The molecule has 5 heteroatoms. The van der Waals surface area contributed by atoms with E-state index in [2.05, 4.69) is 35.4 Å². The summed E-state index contributed by atoms with van der Waals surface area (Å²) in [5.41, 5.74) is 1.43. The largest absolute Gasteiger partial charge is 0.335 e. The zero-order chi connectivity index (χ0) is 16.5. The molecule has 128 valence electrons. The van der Waals surface area contributed by atoms with Gasteiger partial charge < -0.3 is 4.90 Å². The zero-order valence-electron chi connectivity index (χ0n) is 14.2. The van der Waals surface area contributed by atoms with Crippen molar-refractivity contribution < 1.29 is 4.79 Å². The molecule has 1 unspecified atom stereocenters. The van der Waals surface area contributed by atoms with Crippen molar-refractivity contribution in [2.24, 2.45) is 5.92 Å². The molecule has 2 aliphatic rings. The maximum absolute atomic E-state index is 12.8. The average Bonchev–Trinajstić information content (AvgIpc) is 3.24. The van der Waals surface area contributed by atoms with Gasteiger partial charge in [0.15, 0.2) is 0 Å². The second-order valence-electron chi connectivity index (χ2n) is 7.05. The van der Waals surface area contributed by atoms with Crippen LogP contribution in [0.2, 0.25) is 0 Å². The van der Waals surface area contributed by atoms with Gasteiger partial charge in [0.2, 0.25) is 0 Å². The van der Waals surface area contributed by atoms with Gasteiger partial charge in [0, 0.05) is 42.5 Å². The van der Waals surface area contributed by atoms with Crippen LogP contribution in [0.3, 0.4) is 0 Å². The summed E-state index contributed by atoms with van der Waals surface area (Å²) < 4.78 is 0. The first-order valence-electron chi connectivity index (χ1n) is 8.84. The molecule has 0 spiro atoms. The van der Waals surface area contributed by atoms with Gasteiger partial charge in [-0.05, 0) is 48.3 Å². The first-order chi connectivity index (χ1) is 11.7. The van der Waals surface area contributed by atoms with Crippen molar-refractivity contribution in [3.63, 3.8) is 0 Å². The molecular formula is C19H24N2OS2. The Morgan fingerprint density at radius 2 is 2.12 bits per heavy atom. The van der Waals surface area contributed by atoms with Crippen LogP contribution in [-0.4, -0.2) is 41.9 Å². The Labute approximate surface area is 151 Å². The third-order valence-corrected chi connectivity index (χ3v) is 7.25. The van der Waals surface area contributed by atoms with Crippen LogP contribution < -0.4 is 0 Å². The summed E-state index contributed by atoms with van der Waals surface area (Å²) in [4.78, 5) is 21.2. The minimum Gasteiger partial charge on any atom is -0.335 e. The molecule has 0 bridgehead atoms. The lowest BCUT2D eigenvalue weighted by Gasteiger charge is -2.34. The van der Waals surface area contributed by atoms with Gasteiger partial charge in [0.25, 0.3) is 5.91 Å². The average molecular weight is 361 g/mol. The highest BCUT2D eigenvalue weighted by atomic mass is 32.1. The Kier molecular flexibility index (Phi) is 4.74. The number of amides is 1. The normalized spacial score (nSPS) is 21.7. The Balaban J connectivity index is 1.36. The minimum atomic E-state index is 0.248. The van der Waals surface area contributed by atoms with Crippen molar-refractivity contribution in [2.45, 2.75) is 32.7 Å². The third-order valence-electron chi connectivity index (χ3n) is 5.16. The maximum atomic E-state index is 12.8. The quantitative estimate of drug-likeness (QED) is 0.829. The Morgan fingerprint density at radius 1 is 1.29 bits per heavy atom. The smallest absolute Gasteiger partial charge is 0.264 e. The molecule has 2 aromatic rings. The second-order valence-corrected chi connectivity index (χ2v) is 9.22. The van der Waals surface area contributed by atoms with Crippen molar-refractivity contribution in [1.82, 2.24) is 9.80 Å². The summed E-state index contributed by atoms with van der Waals surface area (Å²) in [6.45, 7) is 6.99. The van der Waals surface area contributed by atoms with Crippen LogP contribution in [0.15, 0.2) is 23.6 Å².